The number of para-hydroxylation sites is 1. The van der Waals surface area contributed by atoms with Gasteiger partial charge in [-0.2, -0.15) is 0 Å². The SMILES string of the molecule is NCCCC[C@@H]1NC(=O)[C@@H](Cc2c[nH]c3ccccc23)NC(=O)[C@H](Cc2ccccc2)NC(=O)[C@@H]2C[C@@H](O)CN2C(=O)[C@H](Cc2ccccc2)NC(=O)[C@@H](Cc2ccc(O)cc2-c2ccccc2)NC1=O. The Hall–Kier alpha value is -7.82. The van der Waals surface area contributed by atoms with E-state index in [0.29, 0.717) is 47.2 Å². The van der Waals surface area contributed by atoms with E-state index in [4.69, 9.17) is 5.73 Å². The Morgan fingerprint density at radius 1 is 0.549 bits per heavy atom. The van der Waals surface area contributed by atoms with E-state index in [2.05, 4.69) is 31.6 Å². The molecule has 2 fully saturated rings. The van der Waals surface area contributed by atoms with Crippen molar-refractivity contribution < 1.29 is 39.0 Å². The fraction of sp³-hybridized carbons (Fsp3) is 0.309. The molecule has 0 radical (unpaired) electrons. The number of unbranched alkanes of at least 4 members (excludes halogenated alkanes) is 1. The van der Waals surface area contributed by atoms with Gasteiger partial charge < -0.3 is 52.4 Å². The number of amides is 6. The normalized spacial score (nSPS) is 22.6. The molecule has 2 saturated heterocycles. The minimum Gasteiger partial charge on any atom is -0.508 e. The van der Waals surface area contributed by atoms with Gasteiger partial charge in [-0.05, 0) is 77.4 Å². The molecule has 16 nitrogen and oxygen atoms in total. The fourth-order valence-corrected chi connectivity index (χ4v) is 9.52. The van der Waals surface area contributed by atoms with Gasteiger partial charge in [0.2, 0.25) is 35.4 Å². The number of nitrogens with one attached hydrogen (secondary N) is 6. The van der Waals surface area contributed by atoms with Gasteiger partial charge >= 0.3 is 0 Å². The number of hydrogen-bond donors (Lipinski definition) is 9. The minimum atomic E-state index is -1.36. The largest absolute Gasteiger partial charge is 0.508 e. The molecule has 7 atom stereocenters. The number of nitrogens with two attached hydrogens (primary N) is 1. The molecule has 6 amide bonds. The smallest absolute Gasteiger partial charge is 0.246 e. The minimum absolute atomic E-state index is 0.00821. The van der Waals surface area contributed by atoms with Gasteiger partial charge in [0.1, 0.15) is 42.0 Å². The maximum atomic E-state index is 15.0. The average Bonchev–Trinajstić information content (AvgIpc) is 3.99. The fourth-order valence-electron chi connectivity index (χ4n) is 9.52. The Labute approximate surface area is 411 Å². The van der Waals surface area contributed by atoms with Crippen LogP contribution in [0.15, 0.2) is 140 Å². The molecule has 16 heteroatoms. The summed E-state index contributed by atoms with van der Waals surface area (Å²) in [6.07, 6.45) is 1.40. The second kappa shape index (κ2) is 23.2. The molecule has 0 spiro atoms. The highest BCUT2D eigenvalue weighted by atomic mass is 16.3. The number of aromatic nitrogens is 1. The number of rotatable bonds is 13. The third-order valence-electron chi connectivity index (χ3n) is 13.2. The predicted octanol–water partition coefficient (Wildman–Crippen LogP) is 3.34. The van der Waals surface area contributed by atoms with Crippen molar-refractivity contribution in [2.75, 3.05) is 13.1 Å². The first-order valence-corrected chi connectivity index (χ1v) is 24.1. The van der Waals surface area contributed by atoms with Crippen molar-refractivity contribution in [3.8, 4) is 16.9 Å². The van der Waals surface area contributed by atoms with Gasteiger partial charge in [0.25, 0.3) is 0 Å². The highest BCUT2D eigenvalue weighted by Crippen LogP contribution is 2.29. The molecule has 2 aliphatic heterocycles. The monoisotopic (exact) mass is 960 g/mol. The van der Waals surface area contributed by atoms with Crippen LogP contribution in [0, 0.1) is 0 Å². The maximum absolute atomic E-state index is 15.0. The number of nitrogens with zero attached hydrogens (tertiary/aromatic N) is 1. The number of carbonyl (C=O) groups excluding carboxylic acids is 6. The zero-order valence-corrected chi connectivity index (χ0v) is 39.3. The van der Waals surface area contributed by atoms with Crippen LogP contribution in [0.1, 0.15) is 47.9 Å². The molecule has 71 heavy (non-hydrogen) atoms. The van der Waals surface area contributed by atoms with Gasteiger partial charge in [-0.15, -0.1) is 0 Å². The Bertz CT molecular complexity index is 2820. The first-order valence-electron chi connectivity index (χ1n) is 24.1. The zero-order chi connectivity index (χ0) is 49.9. The molecule has 3 heterocycles. The number of hydrogen-bond acceptors (Lipinski definition) is 9. The Morgan fingerprint density at radius 2 is 1.07 bits per heavy atom. The number of aliphatic hydroxyl groups is 1. The molecule has 0 bridgehead atoms. The lowest BCUT2D eigenvalue weighted by molar-refractivity contribution is -0.143. The van der Waals surface area contributed by atoms with E-state index in [1.165, 1.54) is 11.0 Å². The van der Waals surface area contributed by atoms with E-state index < -0.39 is 77.8 Å². The second-order valence-corrected chi connectivity index (χ2v) is 18.3. The molecule has 0 aliphatic carbocycles. The van der Waals surface area contributed by atoms with E-state index in [9.17, 15) is 34.2 Å². The summed E-state index contributed by atoms with van der Waals surface area (Å²) in [6, 6.07) is 31.7. The number of H-pyrrole nitrogens is 1. The lowest BCUT2D eigenvalue weighted by atomic mass is 9.94. The number of phenolic OH excluding ortho intramolecular Hbond substituents is 1. The molecular formula is C55H60N8O8. The van der Waals surface area contributed by atoms with Crippen molar-refractivity contribution in [2.45, 2.75) is 93.7 Å². The summed E-state index contributed by atoms with van der Waals surface area (Å²) in [6.45, 7) is 0.0784. The van der Waals surface area contributed by atoms with Gasteiger partial charge in [0, 0.05) is 55.7 Å². The summed E-state index contributed by atoms with van der Waals surface area (Å²) in [7, 11) is 0. The average molecular weight is 961 g/mol. The highest BCUT2D eigenvalue weighted by Gasteiger charge is 2.43. The number of carbonyl (C=O) groups is 6. The van der Waals surface area contributed by atoms with E-state index in [-0.39, 0.29) is 50.8 Å². The van der Waals surface area contributed by atoms with Gasteiger partial charge in [-0.25, -0.2) is 0 Å². The van der Waals surface area contributed by atoms with Crippen LogP contribution in [0.3, 0.4) is 0 Å². The predicted molar refractivity (Wildman–Crippen MR) is 268 cm³/mol. The van der Waals surface area contributed by atoms with E-state index in [1.807, 2.05) is 66.7 Å². The van der Waals surface area contributed by atoms with Gasteiger partial charge in [-0.1, -0.05) is 115 Å². The summed E-state index contributed by atoms with van der Waals surface area (Å²) < 4.78 is 0. The van der Waals surface area contributed by atoms with Gasteiger partial charge in [0.15, 0.2) is 0 Å². The van der Waals surface area contributed by atoms with Gasteiger partial charge in [0.05, 0.1) is 6.10 Å². The molecule has 368 valence electrons. The lowest BCUT2D eigenvalue weighted by Crippen LogP contribution is -2.62. The number of fused-ring (bicyclic) bond motifs is 2. The highest BCUT2D eigenvalue weighted by molar-refractivity contribution is 5.99. The maximum Gasteiger partial charge on any atom is 0.246 e. The number of phenols is 1. The van der Waals surface area contributed by atoms with Crippen molar-refractivity contribution in [1.29, 1.82) is 0 Å². The summed E-state index contributed by atoms with van der Waals surface area (Å²) >= 11 is 0. The summed E-state index contributed by atoms with van der Waals surface area (Å²) in [5, 5.41) is 37.1. The lowest BCUT2D eigenvalue weighted by Gasteiger charge is -2.32. The first kappa shape index (κ1) is 49.6. The van der Waals surface area contributed by atoms with Crippen LogP contribution in [0.25, 0.3) is 22.0 Å². The molecule has 0 unspecified atom stereocenters. The van der Waals surface area contributed by atoms with Crippen LogP contribution in [0.4, 0.5) is 0 Å². The second-order valence-electron chi connectivity index (χ2n) is 18.3. The third kappa shape index (κ3) is 12.5. The molecule has 0 saturated carbocycles. The van der Waals surface area contributed by atoms with Crippen molar-refractivity contribution in [3.05, 3.63) is 162 Å². The molecule has 8 rings (SSSR count). The number of aromatic amines is 1. The van der Waals surface area contributed by atoms with E-state index >= 15 is 4.79 Å². The molecule has 6 aromatic rings. The molecule has 2 aliphatic rings. The number of aliphatic hydroxyl groups excluding tert-OH is 1. The molecule has 1 aromatic heterocycles. The van der Waals surface area contributed by atoms with Crippen LogP contribution < -0.4 is 32.3 Å². The van der Waals surface area contributed by atoms with Crippen LogP contribution >= 0.6 is 0 Å². The van der Waals surface area contributed by atoms with Crippen molar-refractivity contribution in [3.63, 3.8) is 0 Å². The number of aromatic hydroxyl groups is 1. The Kier molecular flexibility index (Phi) is 16.2. The van der Waals surface area contributed by atoms with Crippen molar-refractivity contribution >= 4 is 46.3 Å². The van der Waals surface area contributed by atoms with Crippen LogP contribution in [-0.4, -0.2) is 111 Å². The Balaban J connectivity index is 1.22. The first-order chi connectivity index (χ1) is 34.4. The summed E-state index contributed by atoms with van der Waals surface area (Å²) in [5.41, 5.74) is 10.7. The third-order valence-corrected chi connectivity index (χ3v) is 13.2. The van der Waals surface area contributed by atoms with Crippen LogP contribution in [-0.2, 0) is 54.5 Å². The molecule has 5 aromatic carbocycles. The quantitative estimate of drug-likeness (QED) is 0.0770. The van der Waals surface area contributed by atoms with Crippen molar-refractivity contribution in [1.82, 2.24) is 36.5 Å². The van der Waals surface area contributed by atoms with Crippen LogP contribution in [0.2, 0.25) is 0 Å². The molecular weight excluding hydrogens is 901 g/mol. The zero-order valence-electron chi connectivity index (χ0n) is 39.3. The number of benzene rings is 5. The topological polar surface area (TPSA) is 248 Å². The standard InChI is InChI=1S/C55H60N8O8/c56-25-13-12-22-44-50(66)59-46(28-37-23-24-39(64)30-42(37)36-18-8-3-9-19-36)53(69)62-48(27-35-16-6-2-7-17-35)55(71)63-33-40(65)31-49(63)54(70)61-45(26-34-14-4-1-5-15-34)51(67)60-47(52(68)58-44)29-38-32-57-43-21-11-10-20-41(38)43/h1-11,14-21,23-24,30,32,40,44-49,57,64-65H,12-13,22,25-29,31,33,56H2,(H,58,68)(H,59,66)(H,60,67)(H,61,70)(H,62,69)/t40-,44+,45+,46-,47-,48+,49+/m1/s1. The van der Waals surface area contributed by atoms with E-state index in [0.717, 1.165) is 16.5 Å². The Morgan fingerprint density at radius 3 is 1.72 bits per heavy atom. The molecule has 10 N–H and O–H groups in total. The van der Waals surface area contributed by atoms with Gasteiger partial charge in [-0.3, -0.25) is 28.8 Å². The van der Waals surface area contributed by atoms with E-state index in [1.54, 1.807) is 66.9 Å². The summed E-state index contributed by atoms with van der Waals surface area (Å²) in [5.74, 6) is -4.20. The van der Waals surface area contributed by atoms with Crippen LogP contribution in [0.5, 0.6) is 5.75 Å². The van der Waals surface area contributed by atoms with Crippen molar-refractivity contribution in [2.24, 2.45) is 5.73 Å². The summed E-state index contributed by atoms with van der Waals surface area (Å²) in [4.78, 5) is 93.5.